The molecule has 0 amide bonds. The summed E-state index contributed by atoms with van der Waals surface area (Å²) >= 11 is 3.87. The van der Waals surface area contributed by atoms with E-state index < -0.39 is 0 Å². The Morgan fingerprint density at radius 1 is 1.53 bits per heavy atom. The minimum absolute atomic E-state index is 0.608. The van der Waals surface area contributed by atoms with Crippen LogP contribution >= 0.6 is 23.1 Å². The maximum atomic E-state index is 3.53. The Hall–Kier alpha value is -0.0300. The molecule has 2 heterocycles. The molecule has 0 radical (unpaired) electrons. The first-order valence-corrected chi connectivity index (χ1v) is 8.40. The molecule has 0 saturated carbocycles. The molecule has 1 fully saturated rings. The van der Waals surface area contributed by atoms with Crippen molar-refractivity contribution in [1.82, 2.24) is 10.2 Å². The standard InChI is InChI=1S/C13H22N2S2/c1-10(2)15(9-11-5-4-6-17-11)12-7-14-8-13(12)16-3/h4-6,10,12-14H,7-9H2,1-3H3. The summed E-state index contributed by atoms with van der Waals surface area (Å²) in [6, 6.07) is 5.68. The van der Waals surface area contributed by atoms with Crippen molar-refractivity contribution < 1.29 is 0 Å². The van der Waals surface area contributed by atoms with Crippen molar-refractivity contribution >= 4 is 23.1 Å². The summed E-state index contributed by atoms with van der Waals surface area (Å²) in [5.41, 5.74) is 0. The molecule has 1 aliphatic rings. The van der Waals surface area contributed by atoms with E-state index in [-0.39, 0.29) is 0 Å². The summed E-state index contributed by atoms with van der Waals surface area (Å²) in [5.74, 6) is 0. The van der Waals surface area contributed by atoms with Gasteiger partial charge < -0.3 is 5.32 Å². The van der Waals surface area contributed by atoms with Crippen LogP contribution in [0.2, 0.25) is 0 Å². The van der Waals surface area contributed by atoms with Crippen LogP contribution in [0.25, 0.3) is 0 Å². The highest BCUT2D eigenvalue weighted by atomic mass is 32.2. The van der Waals surface area contributed by atoms with E-state index in [0.29, 0.717) is 12.1 Å². The number of rotatable bonds is 5. The summed E-state index contributed by atoms with van der Waals surface area (Å²) in [6.07, 6.45) is 2.23. The zero-order valence-electron chi connectivity index (χ0n) is 10.8. The van der Waals surface area contributed by atoms with E-state index in [0.717, 1.165) is 24.9 Å². The molecule has 0 spiro atoms. The smallest absolute Gasteiger partial charge is 0.0358 e. The van der Waals surface area contributed by atoms with Gasteiger partial charge in [0.05, 0.1) is 0 Å². The fourth-order valence-corrected chi connectivity index (χ4v) is 4.04. The van der Waals surface area contributed by atoms with Gasteiger partial charge in [0.25, 0.3) is 0 Å². The van der Waals surface area contributed by atoms with E-state index >= 15 is 0 Å². The van der Waals surface area contributed by atoms with Crippen LogP contribution in [0.3, 0.4) is 0 Å². The lowest BCUT2D eigenvalue weighted by atomic mass is 10.1. The van der Waals surface area contributed by atoms with Crippen LogP contribution in [0.5, 0.6) is 0 Å². The van der Waals surface area contributed by atoms with Crippen molar-refractivity contribution in [1.29, 1.82) is 0 Å². The number of hydrogen-bond donors (Lipinski definition) is 1. The molecule has 2 rings (SSSR count). The lowest BCUT2D eigenvalue weighted by Gasteiger charge is -2.34. The third-order valence-corrected chi connectivity index (χ3v) is 5.39. The average Bonchev–Trinajstić information content (AvgIpc) is 2.96. The first-order valence-electron chi connectivity index (χ1n) is 6.24. The summed E-state index contributed by atoms with van der Waals surface area (Å²) in [4.78, 5) is 4.12. The van der Waals surface area contributed by atoms with Gasteiger partial charge in [-0.25, -0.2) is 0 Å². The van der Waals surface area contributed by atoms with Gasteiger partial charge in [-0.2, -0.15) is 11.8 Å². The van der Waals surface area contributed by atoms with Crippen LogP contribution in [0.1, 0.15) is 18.7 Å². The van der Waals surface area contributed by atoms with Crippen LogP contribution in [0, 0.1) is 0 Å². The first-order chi connectivity index (χ1) is 8.22. The Bertz CT molecular complexity index is 324. The number of thioether (sulfide) groups is 1. The molecule has 0 aliphatic carbocycles. The number of hydrogen-bond acceptors (Lipinski definition) is 4. The summed E-state index contributed by atoms with van der Waals surface area (Å²) < 4.78 is 0. The fraction of sp³-hybridized carbons (Fsp3) is 0.692. The number of nitrogens with zero attached hydrogens (tertiary/aromatic N) is 1. The second-order valence-electron chi connectivity index (χ2n) is 4.85. The molecule has 17 heavy (non-hydrogen) atoms. The SMILES string of the molecule is CSC1CNCC1N(Cc1cccs1)C(C)C. The zero-order valence-corrected chi connectivity index (χ0v) is 12.5. The minimum atomic E-state index is 0.608. The van der Waals surface area contributed by atoms with E-state index in [9.17, 15) is 0 Å². The largest absolute Gasteiger partial charge is 0.314 e. The maximum absolute atomic E-state index is 3.53. The van der Waals surface area contributed by atoms with Crippen LogP contribution in [0.15, 0.2) is 17.5 Å². The van der Waals surface area contributed by atoms with Crippen LogP contribution < -0.4 is 5.32 Å². The lowest BCUT2D eigenvalue weighted by Crippen LogP contribution is -2.45. The highest BCUT2D eigenvalue weighted by Crippen LogP contribution is 2.24. The highest BCUT2D eigenvalue weighted by molar-refractivity contribution is 7.99. The predicted octanol–water partition coefficient (Wildman–Crippen LogP) is 2.66. The van der Waals surface area contributed by atoms with Gasteiger partial charge in [-0.05, 0) is 31.5 Å². The molecule has 1 aromatic heterocycles. The Morgan fingerprint density at radius 3 is 2.94 bits per heavy atom. The van der Waals surface area contributed by atoms with Gasteiger partial charge in [-0.3, -0.25) is 4.90 Å². The van der Waals surface area contributed by atoms with Gasteiger partial charge in [-0.15, -0.1) is 11.3 Å². The van der Waals surface area contributed by atoms with Gasteiger partial charge in [-0.1, -0.05) is 6.07 Å². The Morgan fingerprint density at radius 2 is 2.35 bits per heavy atom. The van der Waals surface area contributed by atoms with E-state index in [1.165, 1.54) is 4.88 Å². The second-order valence-corrected chi connectivity index (χ2v) is 6.95. The molecular weight excluding hydrogens is 248 g/mol. The molecule has 1 saturated heterocycles. The molecule has 1 aromatic rings. The van der Waals surface area contributed by atoms with Gasteiger partial charge in [0, 0.05) is 41.8 Å². The molecular formula is C13H22N2S2. The van der Waals surface area contributed by atoms with E-state index in [4.69, 9.17) is 0 Å². The van der Waals surface area contributed by atoms with E-state index in [1.54, 1.807) is 0 Å². The minimum Gasteiger partial charge on any atom is -0.314 e. The molecule has 4 heteroatoms. The van der Waals surface area contributed by atoms with Crippen LogP contribution in [0.4, 0.5) is 0 Å². The molecule has 96 valence electrons. The van der Waals surface area contributed by atoms with Crippen molar-refractivity contribution in [3.8, 4) is 0 Å². The van der Waals surface area contributed by atoms with Crippen molar-refractivity contribution in [3.05, 3.63) is 22.4 Å². The quantitative estimate of drug-likeness (QED) is 0.885. The Balaban J connectivity index is 2.06. The predicted molar refractivity (Wildman–Crippen MR) is 79.0 cm³/mol. The monoisotopic (exact) mass is 270 g/mol. The molecule has 0 aromatic carbocycles. The first kappa shape index (κ1) is 13.4. The third kappa shape index (κ3) is 3.25. The molecule has 2 atom stereocenters. The molecule has 1 N–H and O–H groups in total. The highest BCUT2D eigenvalue weighted by Gasteiger charge is 2.32. The van der Waals surface area contributed by atoms with Crippen molar-refractivity contribution in [3.63, 3.8) is 0 Å². The lowest BCUT2D eigenvalue weighted by molar-refractivity contribution is 0.159. The number of thiophene rings is 1. The van der Waals surface area contributed by atoms with Gasteiger partial charge in [0.1, 0.15) is 0 Å². The number of nitrogens with one attached hydrogen (secondary N) is 1. The van der Waals surface area contributed by atoms with Crippen LogP contribution in [-0.2, 0) is 6.54 Å². The molecule has 2 unspecified atom stereocenters. The summed E-state index contributed by atoms with van der Waals surface area (Å²) in [5, 5.41) is 6.44. The van der Waals surface area contributed by atoms with Crippen LogP contribution in [-0.4, -0.2) is 41.6 Å². The van der Waals surface area contributed by atoms with Gasteiger partial charge in [0.2, 0.25) is 0 Å². The van der Waals surface area contributed by atoms with Gasteiger partial charge in [0.15, 0.2) is 0 Å². The molecule has 1 aliphatic heterocycles. The van der Waals surface area contributed by atoms with E-state index in [1.807, 2.05) is 23.1 Å². The maximum Gasteiger partial charge on any atom is 0.0358 e. The summed E-state index contributed by atoms with van der Waals surface area (Å²) in [7, 11) is 0. The van der Waals surface area contributed by atoms with Gasteiger partial charge >= 0.3 is 0 Å². The third-order valence-electron chi connectivity index (χ3n) is 3.44. The Kier molecular flexibility index (Phi) is 4.91. The zero-order chi connectivity index (χ0) is 12.3. The van der Waals surface area contributed by atoms with E-state index in [2.05, 4.69) is 47.8 Å². The fourth-order valence-electron chi connectivity index (χ4n) is 2.48. The topological polar surface area (TPSA) is 15.3 Å². The average molecular weight is 270 g/mol. The summed E-state index contributed by atoms with van der Waals surface area (Å²) in [6.45, 7) is 8.00. The van der Waals surface area contributed by atoms with Crippen molar-refractivity contribution in [2.45, 2.75) is 37.7 Å². The Labute approximate surface area is 113 Å². The van der Waals surface area contributed by atoms with Crippen molar-refractivity contribution in [2.75, 3.05) is 19.3 Å². The molecule has 0 bridgehead atoms. The normalized spacial score (nSPS) is 25.0. The molecule has 2 nitrogen and oxygen atoms in total. The second kappa shape index (κ2) is 6.23. The van der Waals surface area contributed by atoms with Crippen molar-refractivity contribution in [2.24, 2.45) is 0 Å².